The van der Waals surface area contributed by atoms with Gasteiger partial charge in [0.2, 0.25) is 5.91 Å². The third-order valence-corrected chi connectivity index (χ3v) is 4.61. The van der Waals surface area contributed by atoms with E-state index < -0.39 is 0 Å². The first-order valence-corrected chi connectivity index (χ1v) is 8.62. The summed E-state index contributed by atoms with van der Waals surface area (Å²) in [6, 6.07) is 12.5. The Morgan fingerprint density at radius 1 is 1.17 bits per heavy atom. The highest BCUT2D eigenvalue weighted by molar-refractivity contribution is 7.10. The van der Waals surface area contributed by atoms with Gasteiger partial charge in [-0.3, -0.25) is 4.79 Å². The van der Waals surface area contributed by atoms with E-state index >= 15 is 0 Å². The largest absolute Gasteiger partial charge is 0.344 e. The molecule has 0 saturated carbocycles. The molecule has 1 aromatic carbocycles. The predicted octanol–water partition coefficient (Wildman–Crippen LogP) is 4.24. The Balaban J connectivity index is 0.00000264. The SMILES string of the molecule is CC(C)c1ccc(C(NC(=O)CCCN)c2cccs2)cc1.Cl. The highest BCUT2D eigenvalue weighted by Crippen LogP contribution is 2.27. The zero-order valence-corrected chi connectivity index (χ0v) is 15.3. The molecule has 2 aromatic rings. The van der Waals surface area contributed by atoms with E-state index in [1.807, 2.05) is 11.4 Å². The summed E-state index contributed by atoms with van der Waals surface area (Å²) in [5.74, 6) is 0.560. The van der Waals surface area contributed by atoms with Gasteiger partial charge in [-0.2, -0.15) is 0 Å². The Kier molecular flexibility index (Phi) is 8.31. The number of thiophene rings is 1. The van der Waals surface area contributed by atoms with Gasteiger partial charge in [-0.15, -0.1) is 23.7 Å². The van der Waals surface area contributed by atoms with Crippen molar-refractivity contribution in [3.63, 3.8) is 0 Å². The lowest BCUT2D eigenvalue weighted by Gasteiger charge is -2.19. The molecular formula is C18H25ClN2OS. The van der Waals surface area contributed by atoms with Gasteiger partial charge in [0.25, 0.3) is 0 Å². The lowest BCUT2D eigenvalue weighted by atomic mass is 9.98. The molecule has 1 heterocycles. The van der Waals surface area contributed by atoms with E-state index in [4.69, 9.17) is 5.73 Å². The maximum Gasteiger partial charge on any atom is 0.220 e. The van der Waals surface area contributed by atoms with Crippen molar-refractivity contribution in [1.29, 1.82) is 0 Å². The summed E-state index contributed by atoms with van der Waals surface area (Å²) in [5.41, 5.74) is 7.91. The molecular weight excluding hydrogens is 328 g/mol. The molecule has 23 heavy (non-hydrogen) atoms. The van der Waals surface area contributed by atoms with Crippen LogP contribution in [-0.4, -0.2) is 12.5 Å². The number of amides is 1. The first-order chi connectivity index (χ1) is 10.6. The minimum atomic E-state index is -0.0773. The van der Waals surface area contributed by atoms with Crippen LogP contribution < -0.4 is 11.1 Å². The highest BCUT2D eigenvalue weighted by Gasteiger charge is 2.17. The number of nitrogens with two attached hydrogens (primary N) is 1. The van der Waals surface area contributed by atoms with Crippen molar-refractivity contribution in [3.8, 4) is 0 Å². The Morgan fingerprint density at radius 3 is 2.35 bits per heavy atom. The first-order valence-electron chi connectivity index (χ1n) is 7.74. The molecule has 1 aromatic heterocycles. The highest BCUT2D eigenvalue weighted by atomic mass is 35.5. The van der Waals surface area contributed by atoms with Crippen LogP contribution in [0, 0.1) is 0 Å². The van der Waals surface area contributed by atoms with Gasteiger partial charge >= 0.3 is 0 Å². The Labute approximate surface area is 148 Å². The minimum Gasteiger partial charge on any atom is -0.344 e. The van der Waals surface area contributed by atoms with Gasteiger partial charge in [0.05, 0.1) is 6.04 Å². The first kappa shape index (κ1) is 19.7. The van der Waals surface area contributed by atoms with E-state index in [2.05, 4.69) is 49.5 Å². The lowest BCUT2D eigenvalue weighted by molar-refractivity contribution is -0.121. The molecule has 0 spiro atoms. The standard InChI is InChI=1S/C18H24N2OS.ClH/c1-13(2)14-7-9-15(10-8-14)18(16-5-4-12-22-16)20-17(21)6-3-11-19;/h4-5,7-10,12-13,18H,3,6,11,19H2,1-2H3,(H,20,21);1H. The van der Waals surface area contributed by atoms with E-state index in [1.165, 1.54) is 5.56 Å². The van der Waals surface area contributed by atoms with E-state index in [9.17, 15) is 4.79 Å². The smallest absolute Gasteiger partial charge is 0.220 e. The molecule has 0 aliphatic rings. The maximum atomic E-state index is 12.1. The second kappa shape index (κ2) is 9.71. The van der Waals surface area contributed by atoms with Crippen LogP contribution in [0.5, 0.6) is 0 Å². The lowest BCUT2D eigenvalue weighted by Crippen LogP contribution is -2.29. The molecule has 0 aliphatic heterocycles. The second-order valence-corrected chi connectivity index (χ2v) is 6.71. The number of halogens is 1. The number of hydrogen-bond acceptors (Lipinski definition) is 3. The summed E-state index contributed by atoms with van der Waals surface area (Å²) >= 11 is 1.66. The van der Waals surface area contributed by atoms with Crippen molar-refractivity contribution in [3.05, 3.63) is 57.8 Å². The van der Waals surface area contributed by atoms with E-state index in [-0.39, 0.29) is 24.4 Å². The van der Waals surface area contributed by atoms with Crippen LogP contribution in [0.25, 0.3) is 0 Å². The van der Waals surface area contributed by atoms with Crippen molar-refractivity contribution in [2.24, 2.45) is 5.73 Å². The van der Waals surface area contributed by atoms with Crippen molar-refractivity contribution < 1.29 is 4.79 Å². The minimum absolute atomic E-state index is 0. The zero-order valence-electron chi connectivity index (χ0n) is 13.6. The Bertz CT molecular complexity index is 582. The van der Waals surface area contributed by atoms with E-state index in [0.717, 1.165) is 16.9 Å². The average molecular weight is 353 g/mol. The Hall–Kier alpha value is -1.36. The van der Waals surface area contributed by atoms with Crippen molar-refractivity contribution >= 4 is 29.7 Å². The van der Waals surface area contributed by atoms with Gasteiger partial charge < -0.3 is 11.1 Å². The van der Waals surface area contributed by atoms with Crippen molar-refractivity contribution in [2.75, 3.05) is 6.54 Å². The van der Waals surface area contributed by atoms with Crippen LogP contribution in [0.1, 0.15) is 54.7 Å². The average Bonchev–Trinajstić information content (AvgIpc) is 3.05. The summed E-state index contributed by atoms with van der Waals surface area (Å²) < 4.78 is 0. The molecule has 0 fully saturated rings. The maximum absolute atomic E-state index is 12.1. The number of rotatable bonds is 7. The third-order valence-electron chi connectivity index (χ3n) is 3.68. The van der Waals surface area contributed by atoms with Crippen molar-refractivity contribution in [1.82, 2.24) is 5.32 Å². The number of benzene rings is 1. The summed E-state index contributed by atoms with van der Waals surface area (Å²) in [6.07, 6.45) is 1.19. The van der Waals surface area contributed by atoms with Crippen LogP contribution in [0.2, 0.25) is 0 Å². The van der Waals surface area contributed by atoms with Gasteiger partial charge in [-0.05, 0) is 41.5 Å². The van der Waals surface area contributed by atoms with E-state index in [0.29, 0.717) is 18.9 Å². The molecule has 126 valence electrons. The van der Waals surface area contributed by atoms with Gasteiger partial charge in [0.1, 0.15) is 0 Å². The molecule has 1 unspecified atom stereocenters. The van der Waals surface area contributed by atoms with Gasteiger partial charge in [-0.1, -0.05) is 44.2 Å². The molecule has 0 radical (unpaired) electrons. The van der Waals surface area contributed by atoms with Crippen molar-refractivity contribution in [2.45, 2.75) is 38.6 Å². The fourth-order valence-electron chi connectivity index (χ4n) is 2.34. The number of nitrogens with one attached hydrogen (secondary N) is 1. The van der Waals surface area contributed by atoms with Crippen LogP contribution in [0.3, 0.4) is 0 Å². The number of hydrogen-bond donors (Lipinski definition) is 2. The summed E-state index contributed by atoms with van der Waals surface area (Å²) in [6.45, 7) is 4.90. The topological polar surface area (TPSA) is 55.1 Å². The van der Waals surface area contributed by atoms with Gasteiger partial charge in [-0.25, -0.2) is 0 Å². The van der Waals surface area contributed by atoms with Crippen LogP contribution in [0.4, 0.5) is 0 Å². The number of carbonyl (C=O) groups excluding carboxylic acids is 1. The quantitative estimate of drug-likeness (QED) is 0.783. The fourth-order valence-corrected chi connectivity index (χ4v) is 3.15. The second-order valence-electron chi connectivity index (χ2n) is 5.73. The molecule has 3 nitrogen and oxygen atoms in total. The molecule has 5 heteroatoms. The molecule has 0 bridgehead atoms. The molecule has 0 aliphatic carbocycles. The number of carbonyl (C=O) groups is 1. The van der Waals surface area contributed by atoms with Gasteiger partial charge in [0, 0.05) is 11.3 Å². The summed E-state index contributed by atoms with van der Waals surface area (Å²) in [5, 5.41) is 5.17. The monoisotopic (exact) mass is 352 g/mol. The fraction of sp³-hybridized carbons (Fsp3) is 0.389. The van der Waals surface area contributed by atoms with Gasteiger partial charge in [0.15, 0.2) is 0 Å². The summed E-state index contributed by atoms with van der Waals surface area (Å²) in [4.78, 5) is 13.2. The van der Waals surface area contributed by atoms with Crippen LogP contribution >= 0.6 is 23.7 Å². The third kappa shape index (κ3) is 5.65. The Morgan fingerprint density at radius 2 is 1.83 bits per heavy atom. The van der Waals surface area contributed by atoms with Crippen LogP contribution in [0.15, 0.2) is 41.8 Å². The molecule has 2 rings (SSSR count). The molecule has 0 saturated heterocycles. The summed E-state index contributed by atoms with van der Waals surface area (Å²) in [7, 11) is 0. The predicted molar refractivity (Wildman–Crippen MR) is 100 cm³/mol. The molecule has 3 N–H and O–H groups in total. The van der Waals surface area contributed by atoms with E-state index in [1.54, 1.807) is 11.3 Å². The normalized spacial score (nSPS) is 11.8. The molecule has 1 amide bonds. The van der Waals surface area contributed by atoms with Crippen LogP contribution in [-0.2, 0) is 4.79 Å². The zero-order chi connectivity index (χ0) is 15.9. The molecule has 1 atom stereocenters.